The predicted octanol–water partition coefficient (Wildman–Crippen LogP) is 4.92. The van der Waals surface area contributed by atoms with E-state index in [0.717, 1.165) is 54.8 Å². The molecule has 0 saturated heterocycles. The van der Waals surface area contributed by atoms with Gasteiger partial charge in [0.15, 0.2) is 0 Å². The molecule has 2 saturated carbocycles. The minimum Gasteiger partial charge on any atom is -0.502 e. The molecule has 2 aliphatic rings. The zero-order chi connectivity index (χ0) is 23.8. The van der Waals surface area contributed by atoms with Gasteiger partial charge in [0.25, 0.3) is 5.91 Å². The van der Waals surface area contributed by atoms with Crippen LogP contribution in [0.5, 0.6) is 0 Å². The molecule has 1 amide bonds. The van der Waals surface area contributed by atoms with E-state index >= 15 is 0 Å². The van der Waals surface area contributed by atoms with E-state index in [1.165, 1.54) is 51.3 Å². The SMILES string of the molecule is C=C(CCNCc1ccc(NC(=O)c2cc(N(CC3CC3)C3CCCCC3)ncn2)cc1)OC. The lowest BCUT2D eigenvalue weighted by atomic mass is 9.94. The average molecular weight is 464 g/mol. The number of hydrogen-bond donors (Lipinski definition) is 2. The van der Waals surface area contributed by atoms with Crippen molar-refractivity contribution in [3.8, 4) is 0 Å². The second-order valence-electron chi connectivity index (χ2n) is 9.47. The molecule has 2 aliphatic carbocycles. The molecule has 0 aliphatic heterocycles. The Bertz CT molecular complexity index is 952. The first-order valence-corrected chi connectivity index (χ1v) is 12.5. The Labute approximate surface area is 203 Å². The van der Waals surface area contributed by atoms with Crippen LogP contribution in [0.15, 0.2) is 49.0 Å². The van der Waals surface area contributed by atoms with Crippen molar-refractivity contribution in [1.82, 2.24) is 15.3 Å². The van der Waals surface area contributed by atoms with Crippen molar-refractivity contribution in [3.05, 3.63) is 60.3 Å². The summed E-state index contributed by atoms with van der Waals surface area (Å²) in [5.74, 6) is 2.22. The van der Waals surface area contributed by atoms with E-state index < -0.39 is 0 Å². The summed E-state index contributed by atoms with van der Waals surface area (Å²) in [6.07, 6.45) is 11.2. The van der Waals surface area contributed by atoms with Crippen molar-refractivity contribution < 1.29 is 9.53 Å². The Morgan fingerprint density at radius 2 is 1.88 bits per heavy atom. The Hall–Kier alpha value is -2.93. The monoisotopic (exact) mass is 463 g/mol. The van der Waals surface area contributed by atoms with Gasteiger partial charge >= 0.3 is 0 Å². The summed E-state index contributed by atoms with van der Waals surface area (Å²) in [5.41, 5.74) is 2.31. The Balaban J connectivity index is 1.34. The molecule has 1 aromatic carbocycles. The highest BCUT2D eigenvalue weighted by Gasteiger charge is 2.30. The number of methoxy groups -OCH3 is 1. The normalized spacial score (nSPS) is 16.1. The second kappa shape index (κ2) is 12.0. The van der Waals surface area contributed by atoms with Gasteiger partial charge in [-0.15, -0.1) is 0 Å². The summed E-state index contributed by atoms with van der Waals surface area (Å²) in [6, 6.07) is 10.3. The molecular weight excluding hydrogens is 426 g/mol. The highest BCUT2D eigenvalue weighted by Crippen LogP contribution is 2.34. The third-order valence-electron chi connectivity index (χ3n) is 6.76. The van der Waals surface area contributed by atoms with Crippen molar-refractivity contribution >= 4 is 17.4 Å². The summed E-state index contributed by atoms with van der Waals surface area (Å²) in [5, 5.41) is 6.34. The number of carbonyl (C=O) groups is 1. The third kappa shape index (κ3) is 7.03. The molecule has 4 rings (SSSR count). The number of anilines is 2. The van der Waals surface area contributed by atoms with Gasteiger partial charge in [0.05, 0.1) is 12.9 Å². The molecule has 0 unspecified atom stereocenters. The third-order valence-corrected chi connectivity index (χ3v) is 6.76. The minimum atomic E-state index is -0.206. The molecule has 1 heterocycles. The van der Waals surface area contributed by atoms with E-state index in [1.54, 1.807) is 7.11 Å². The second-order valence-corrected chi connectivity index (χ2v) is 9.47. The maximum atomic E-state index is 12.9. The number of nitrogens with one attached hydrogen (secondary N) is 2. The fourth-order valence-electron chi connectivity index (χ4n) is 4.49. The molecule has 182 valence electrons. The lowest BCUT2D eigenvalue weighted by molar-refractivity contribution is 0.102. The highest BCUT2D eigenvalue weighted by atomic mass is 16.5. The van der Waals surface area contributed by atoms with E-state index in [0.29, 0.717) is 11.7 Å². The molecule has 2 fully saturated rings. The van der Waals surface area contributed by atoms with Gasteiger partial charge in [0, 0.05) is 43.9 Å². The first kappa shape index (κ1) is 24.2. The van der Waals surface area contributed by atoms with Crippen LogP contribution in [0.2, 0.25) is 0 Å². The van der Waals surface area contributed by atoms with Crippen LogP contribution < -0.4 is 15.5 Å². The standard InChI is InChI=1S/C27H37N5O2/c1-20(34-2)14-15-28-17-21-10-12-23(13-11-21)31-27(33)25-16-26(30-19-29-25)32(18-22-8-9-22)24-6-4-3-5-7-24/h10-13,16,19,22,24,28H,1,3-9,14-15,17-18H2,2H3,(H,31,33). The van der Waals surface area contributed by atoms with E-state index in [1.807, 2.05) is 30.3 Å². The lowest BCUT2D eigenvalue weighted by Crippen LogP contribution is -2.39. The van der Waals surface area contributed by atoms with E-state index in [-0.39, 0.29) is 5.91 Å². The average Bonchev–Trinajstić information content (AvgIpc) is 3.71. The molecule has 34 heavy (non-hydrogen) atoms. The van der Waals surface area contributed by atoms with Crippen LogP contribution in [0, 0.1) is 5.92 Å². The molecule has 0 spiro atoms. The molecule has 2 N–H and O–H groups in total. The summed E-state index contributed by atoms with van der Waals surface area (Å²) in [7, 11) is 1.64. The number of hydrogen-bond acceptors (Lipinski definition) is 6. The van der Waals surface area contributed by atoms with Crippen molar-refractivity contribution in [2.24, 2.45) is 5.92 Å². The molecule has 7 nitrogen and oxygen atoms in total. The minimum absolute atomic E-state index is 0.206. The zero-order valence-corrected chi connectivity index (χ0v) is 20.3. The number of rotatable bonds is 12. The highest BCUT2D eigenvalue weighted by molar-refractivity contribution is 6.03. The van der Waals surface area contributed by atoms with Crippen LogP contribution in [0.25, 0.3) is 0 Å². The maximum absolute atomic E-state index is 12.9. The fraction of sp³-hybridized carbons (Fsp3) is 0.519. The number of aromatic nitrogens is 2. The maximum Gasteiger partial charge on any atom is 0.274 e. The van der Waals surface area contributed by atoms with Crippen LogP contribution in [-0.4, -0.2) is 42.1 Å². The lowest BCUT2D eigenvalue weighted by Gasteiger charge is -2.35. The van der Waals surface area contributed by atoms with Crippen LogP contribution >= 0.6 is 0 Å². The number of benzene rings is 1. The quantitative estimate of drug-likeness (QED) is 0.344. The summed E-state index contributed by atoms with van der Waals surface area (Å²) in [6.45, 7) is 6.41. The topological polar surface area (TPSA) is 79.4 Å². The van der Waals surface area contributed by atoms with Crippen LogP contribution in [-0.2, 0) is 11.3 Å². The van der Waals surface area contributed by atoms with Gasteiger partial charge in [-0.05, 0) is 49.3 Å². The van der Waals surface area contributed by atoms with Gasteiger partial charge in [-0.2, -0.15) is 0 Å². The Kier molecular flexibility index (Phi) is 8.52. The number of carbonyl (C=O) groups excluding carboxylic acids is 1. The largest absolute Gasteiger partial charge is 0.502 e. The first-order chi connectivity index (χ1) is 16.6. The fourth-order valence-corrected chi connectivity index (χ4v) is 4.49. The number of ether oxygens (including phenoxy) is 1. The smallest absolute Gasteiger partial charge is 0.274 e. The molecule has 7 heteroatoms. The van der Waals surface area contributed by atoms with Gasteiger partial charge in [-0.3, -0.25) is 4.79 Å². The number of amides is 1. The number of nitrogens with zero attached hydrogens (tertiary/aromatic N) is 3. The van der Waals surface area contributed by atoms with Crippen molar-refractivity contribution in [2.75, 3.05) is 30.4 Å². The predicted molar refractivity (Wildman–Crippen MR) is 136 cm³/mol. The van der Waals surface area contributed by atoms with E-state index in [9.17, 15) is 4.79 Å². The van der Waals surface area contributed by atoms with Crippen molar-refractivity contribution in [1.29, 1.82) is 0 Å². The molecule has 0 radical (unpaired) electrons. The Morgan fingerprint density at radius 3 is 2.59 bits per heavy atom. The van der Waals surface area contributed by atoms with Crippen molar-refractivity contribution in [2.45, 2.75) is 64.0 Å². The van der Waals surface area contributed by atoms with E-state index in [4.69, 9.17) is 4.74 Å². The molecule has 1 aromatic heterocycles. The van der Waals surface area contributed by atoms with E-state index in [2.05, 4.69) is 32.1 Å². The van der Waals surface area contributed by atoms with Crippen LogP contribution in [0.4, 0.5) is 11.5 Å². The molecular formula is C27H37N5O2. The molecule has 0 atom stereocenters. The zero-order valence-electron chi connectivity index (χ0n) is 20.3. The van der Waals surface area contributed by atoms with Gasteiger partial charge in [0.2, 0.25) is 0 Å². The van der Waals surface area contributed by atoms with Crippen LogP contribution in [0.1, 0.15) is 67.4 Å². The van der Waals surface area contributed by atoms with Crippen LogP contribution in [0.3, 0.4) is 0 Å². The molecule has 2 aromatic rings. The summed E-state index contributed by atoms with van der Waals surface area (Å²) >= 11 is 0. The summed E-state index contributed by atoms with van der Waals surface area (Å²) < 4.78 is 5.08. The van der Waals surface area contributed by atoms with Crippen molar-refractivity contribution in [3.63, 3.8) is 0 Å². The van der Waals surface area contributed by atoms with Gasteiger partial charge in [-0.25, -0.2) is 9.97 Å². The van der Waals surface area contributed by atoms with Gasteiger partial charge in [-0.1, -0.05) is 38.0 Å². The van der Waals surface area contributed by atoms with Gasteiger partial charge in [0.1, 0.15) is 17.8 Å². The molecule has 0 bridgehead atoms. The first-order valence-electron chi connectivity index (χ1n) is 12.5. The van der Waals surface area contributed by atoms with Gasteiger partial charge < -0.3 is 20.3 Å². The summed E-state index contributed by atoms with van der Waals surface area (Å²) in [4.78, 5) is 24.2. The Morgan fingerprint density at radius 1 is 1.12 bits per heavy atom.